The van der Waals surface area contributed by atoms with E-state index in [0.717, 1.165) is 6.07 Å². The smallest absolute Gasteiger partial charge is 0.335 e. The minimum absolute atomic E-state index is 0. The Morgan fingerprint density at radius 3 is 2.56 bits per heavy atom. The molecule has 90 valence electrons. The SMILES string of the molecule is Cl.N[C@@H](CF)c1cc(C(=O)O)cc(Br)c1O. The molecule has 7 heteroatoms. The summed E-state index contributed by atoms with van der Waals surface area (Å²) in [6, 6.07) is 1.36. The first-order valence-electron chi connectivity index (χ1n) is 4.04. The molecule has 0 aliphatic carbocycles. The fraction of sp³-hybridized carbons (Fsp3) is 0.222. The average molecular weight is 315 g/mol. The Kier molecular flexibility index (Phi) is 5.71. The van der Waals surface area contributed by atoms with E-state index in [1.807, 2.05) is 0 Å². The Balaban J connectivity index is 0.00000225. The van der Waals surface area contributed by atoms with E-state index in [1.165, 1.54) is 6.07 Å². The number of alkyl halides is 1. The highest BCUT2D eigenvalue weighted by atomic mass is 79.9. The van der Waals surface area contributed by atoms with Crippen molar-refractivity contribution in [3.05, 3.63) is 27.7 Å². The molecule has 0 heterocycles. The number of carboxylic acid groups (broad SMARTS) is 1. The van der Waals surface area contributed by atoms with Gasteiger partial charge in [0.1, 0.15) is 12.4 Å². The maximum absolute atomic E-state index is 12.3. The van der Waals surface area contributed by atoms with Crippen LogP contribution >= 0.6 is 28.3 Å². The predicted molar refractivity (Wildman–Crippen MR) is 62.9 cm³/mol. The summed E-state index contributed by atoms with van der Waals surface area (Å²) in [5.41, 5.74) is 5.40. The largest absolute Gasteiger partial charge is 0.506 e. The topological polar surface area (TPSA) is 83.6 Å². The number of nitrogens with two attached hydrogens (primary N) is 1. The number of rotatable bonds is 3. The summed E-state index contributed by atoms with van der Waals surface area (Å²) < 4.78 is 12.5. The van der Waals surface area contributed by atoms with Crippen LogP contribution in [-0.4, -0.2) is 22.9 Å². The van der Waals surface area contributed by atoms with Crippen molar-refractivity contribution in [2.75, 3.05) is 6.67 Å². The molecule has 0 unspecified atom stereocenters. The predicted octanol–water partition coefficient (Wildman–Crippen LogP) is 2.24. The van der Waals surface area contributed by atoms with Crippen molar-refractivity contribution in [3.8, 4) is 5.75 Å². The van der Waals surface area contributed by atoms with Crippen molar-refractivity contribution in [1.82, 2.24) is 0 Å². The lowest BCUT2D eigenvalue weighted by Gasteiger charge is -2.12. The molecule has 1 rings (SSSR count). The monoisotopic (exact) mass is 313 g/mol. The maximum Gasteiger partial charge on any atom is 0.335 e. The van der Waals surface area contributed by atoms with Gasteiger partial charge in [0.15, 0.2) is 0 Å². The Bertz CT molecular complexity index is 403. The summed E-state index contributed by atoms with van der Waals surface area (Å²) in [5, 5.41) is 18.3. The quantitative estimate of drug-likeness (QED) is 0.799. The first kappa shape index (κ1) is 15.2. The third-order valence-electron chi connectivity index (χ3n) is 1.91. The number of hydrogen-bond donors (Lipinski definition) is 3. The van der Waals surface area contributed by atoms with Crippen LogP contribution < -0.4 is 5.73 Å². The van der Waals surface area contributed by atoms with Gasteiger partial charge in [0, 0.05) is 5.56 Å². The van der Waals surface area contributed by atoms with E-state index >= 15 is 0 Å². The molecule has 0 saturated heterocycles. The van der Waals surface area contributed by atoms with Gasteiger partial charge >= 0.3 is 5.97 Å². The molecule has 0 radical (unpaired) electrons. The van der Waals surface area contributed by atoms with Crippen LogP contribution in [-0.2, 0) is 0 Å². The molecular formula is C9H10BrClFNO3. The lowest BCUT2D eigenvalue weighted by molar-refractivity contribution is 0.0696. The summed E-state index contributed by atoms with van der Waals surface area (Å²) in [5.74, 6) is -1.40. The third-order valence-corrected chi connectivity index (χ3v) is 2.51. The number of phenolic OH excluding ortho intramolecular Hbond substituents is 1. The molecule has 0 aliphatic heterocycles. The molecule has 16 heavy (non-hydrogen) atoms. The third kappa shape index (κ3) is 3.07. The van der Waals surface area contributed by atoms with Gasteiger partial charge in [-0.15, -0.1) is 12.4 Å². The molecule has 0 amide bonds. The van der Waals surface area contributed by atoms with Crippen LogP contribution in [0.4, 0.5) is 4.39 Å². The van der Waals surface area contributed by atoms with Gasteiger partial charge in [-0.1, -0.05) is 0 Å². The lowest BCUT2D eigenvalue weighted by atomic mass is 10.0. The highest BCUT2D eigenvalue weighted by Gasteiger charge is 2.17. The normalized spacial score (nSPS) is 11.7. The molecule has 0 aromatic heterocycles. The number of aromatic carboxylic acids is 1. The number of benzene rings is 1. The number of phenols is 1. The van der Waals surface area contributed by atoms with Crippen LogP contribution in [0.5, 0.6) is 5.75 Å². The van der Waals surface area contributed by atoms with Gasteiger partial charge in [0.05, 0.1) is 16.1 Å². The number of aromatic hydroxyl groups is 1. The van der Waals surface area contributed by atoms with E-state index in [2.05, 4.69) is 15.9 Å². The summed E-state index contributed by atoms with van der Waals surface area (Å²) >= 11 is 2.97. The number of hydrogen-bond acceptors (Lipinski definition) is 3. The van der Waals surface area contributed by atoms with Crippen molar-refractivity contribution in [2.24, 2.45) is 5.73 Å². The zero-order chi connectivity index (χ0) is 11.6. The van der Waals surface area contributed by atoms with Gasteiger partial charge in [-0.25, -0.2) is 9.18 Å². The van der Waals surface area contributed by atoms with Crippen molar-refractivity contribution in [3.63, 3.8) is 0 Å². The number of halogens is 3. The Hall–Kier alpha value is -0.850. The first-order chi connectivity index (χ1) is 6.97. The van der Waals surface area contributed by atoms with Crippen molar-refractivity contribution in [2.45, 2.75) is 6.04 Å². The Morgan fingerprint density at radius 2 is 2.12 bits per heavy atom. The molecule has 0 saturated carbocycles. The van der Waals surface area contributed by atoms with Gasteiger partial charge < -0.3 is 15.9 Å². The lowest BCUT2D eigenvalue weighted by Crippen LogP contribution is -2.13. The molecule has 1 aromatic carbocycles. The van der Waals surface area contributed by atoms with E-state index in [-0.39, 0.29) is 33.8 Å². The zero-order valence-electron chi connectivity index (χ0n) is 7.98. The molecule has 0 aliphatic rings. The van der Waals surface area contributed by atoms with Gasteiger partial charge in [0.25, 0.3) is 0 Å². The van der Waals surface area contributed by atoms with Gasteiger partial charge in [-0.05, 0) is 28.1 Å². The fourth-order valence-electron chi connectivity index (χ4n) is 1.11. The summed E-state index contributed by atoms with van der Waals surface area (Å²) in [4.78, 5) is 10.7. The molecule has 0 bridgehead atoms. The molecule has 1 atom stereocenters. The minimum atomic E-state index is -1.16. The van der Waals surface area contributed by atoms with E-state index < -0.39 is 18.7 Å². The highest BCUT2D eigenvalue weighted by molar-refractivity contribution is 9.10. The van der Waals surface area contributed by atoms with Crippen LogP contribution in [0.1, 0.15) is 22.0 Å². The van der Waals surface area contributed by atoms with Crippen molar-refractivity contribution >= 4 is 34.3 Å². The maximum atomic E-state index is 12.3. The summed E-state index contributed by atoms with van der Waals surface area (Å²) in [6.07, 6.45) is 0. The average Bonchev–Trinajstić information content (AvgIpc) is 2.20. The minimum Gasteiger partial charge on any atom is -0.506 e. The van der Waals surface area contributed by atoms with Gasteiger partial charge in [-0.3, -0.25) is 0 Å². The van der Waals surface area contributed by atoms with Gasteiger partial charge in [0.2, 0.25) is 0 Å². The standard InChI is InChI=1S/C9H9BrFNO3.ClH/c10-6-2-4(9(14)15)1-5(8(6)13)7(12)3-11;/h1-2,7,13H,3,12H2,(H,14,15);1H/t7-;/m0./s1. The van der Waals surface area contributed by atoms with E-state index in [9.17, 15) is 14.3 Å². The summed E-state index contributed by atoms with van der Waals surface area (Å²) in [7, 11) is 0. The Morgan fingerprint density at radius 1 is 1.56 bits per heavy atom. The van der Waals surface area contributed by atoms with Crippen LogP contribution in [0, 0.1) is 0 Å². The van der Waals surface area contributed by atoms with Crippen LogP contribution in [0.2, 0.25) is 0 Å². The van der Waals surface area contributed by atoms with Gasteiger partial charge in [-0.2, -0.15) is 0 Å². The number of carbonyl (C=O) groups is 1. The van der Waals surface area contributed by atoms with Crippen molar-refractivity contribution in [1.29, 1.82) is 0 Å². The summed E-state index contributed by atoms with van der Waals surface area (Å²) in [6.45, 7) is -0.872. The zero-order valence-corrected chi connectivity index (χ0v) is 10.4. The molecule has 1 aromatic rings. The second-order valence-electron chi connectivity index (χ2n) is 2.96. The highest BCUT2D eigenvalue weighted by Crippen LogP contribution is 2.32. The molecule has 4 nitrogen and oxygen atoms in total. The molecule has 4 N–H and O–H groups in total. The molecular weight excluding hydrogens is 304 g/mol. The van der Waals surface area contributed by atoms with E-state index in [1.54, 1.807) is 0 Å². The second-order valence-corrected chi connectivity index (χ2v) is 3.82. The first-order valence-corrected chi connectivity index (χ1v) is 4.84. The van der Waals surface area contributed by atoms with E-state index in [0.29, 0.717) is 0 Å². The van der Waals surface area contributed by atoms with E-state index in [4.69, 9.17) is 10.8 Å². The van der Waals surface area contributed by atoms with Crippen LogP contribution in [0.25, 0.3) is 0 Å². The molecule has 0 fully saturated rings. The fourth-order valence-corrected chi connectivity index (χ4v) is 1.59. The van der Waals surface area contributed by atoms with Crippen molar-refractivity contribution < 1.29 is 19.4 Å². The second kappa shape index (κ2) is 6.03. The molecule has 0 spiro atoms. The number of carboxylic acids is 1. The van der Waals surface area contributed by atoms with Crippen LogP contribution in [0.15, 0.2) is 16.6 Å². The van der Waals surface area contributed by atoms with Crippen LogP contribution in [0.3, 0.4) is 0 Å². The Labute approximate surface area is 106 Å².